The number of methoxy groups -OCH3 is 1. The van der Waals surface area contributed by atoms with Gasteiger partial charge in [-0.05, 0) is 36.8 Å². The Hall–Kier alpha value is -1.27. The second-order valence-electron chi connectivity index (χ2n) is 5.74. The first kappa shape index (κ1) is 16.1. The van der Waals surface area contributed by atoms with Crippen molar-refractivity contribution in [2.24, 2.45) is 11.8 Å². The Morgan fingerprint density at radius 3 is 2.67 bits per heavy atom. The van der Waals surface area contributed by atoms with Gasteiger partial charge in [0.2, 0.25) is 10.0 Å². The number of nitrogen functional groups attached to an aromatic ring is 1. The minimum absolute atomic E-state index is 0.0118. The number of anilines is 1. The molecule has 21 heavy (non-hydrogen) atoms. The van der Waals surface area contributed by atoms with Crippen molar-refractivity contribution in [1.82, 2.24) is 4.72 Å². The van der Waals surface area contributed by atoms with Gasteiger partial charge in [0.25, 0.3) is 0 Å². The Morgan fingerprint density at radius 1 is 1.38 bits per heavy atom. The summed E-state index contributed by atoms with van der Waals surface area (Å²) < 4.78 is 33.2. The van der Waals surface area contributed by atoms with Crippen molar-refractivity contribution in [1.29, 1.82) is 0 Å². The molecule has 3 unspecified atom stereocenters. The topological polar surface area (TPSA) is 81.4 Å². The van der Waals surface area contributed by atoms with E-state index in [4.69, 9.17) is 10.5 Å². The molecule has 1 aromatic carbocycles. The number of sulfonamides is 1. The van der Waals surface area contributed by atoms with E-state index in [0.717, 1.165) is 19.3 Å². The van der Waals surface area contributed by atoms with Gasteiger partial charge < -0.3 is 10.5 Å². The van der Waals surface area contributed by atoms with Gasteiger partial charge in [0.1, 0.15) is 10.6 Å². The molecule has 0 radical (unpaired) electrons. The smallest absolute Gasteiger partial charge is 0.244 e. The molecule has 118 valence electrons. The second kappa shape index (κ2) is 6.23. The number of nitrogens with one attached hydrogen (secondary N) is 1. The summed E-state index contributed by atoms with van der Waals surface area (Å²) >= 11 is 0. The Bertz CT molecular complexity index is 601. The minimum atomic E-state index is -3.60. The normalized spacial score (nSPS) is 26.0. The first-order chi connectivity index (χ1) is 9.89. The predicted octanol–water partition coefficient (Wildman–Crippen LogP) is 2.38. The molecule has 5 nitrogen and oxygen atoms in total. The average molecular weight is 312 g/mol. The molecule has 0 amide bonds. The molecule has 6 heteroatoms. The van der Waals surface area contributed by atoms with E-state index < -0.39 is 10.0 Å². The van der Waals surface area contributed by atoms with Gasteiger partial charge >= 0.3 is 0 Å². The molecule has 0 aromatic heterocycles. The maximum atomic E-state index is 12.6. The summed E-state index contributed by atoms with van der Waals surface area (Å²) in [7, 11) is -2.15. The zero-order valence-electron chi connectivity index (χ0n) is 12.8. The molecule has 0 bridgehead atoms. The summed E-state index contributed by atoms with van der Waals surface area (Å²) in [6.07, 6.45) is 3.05. The summed E-state index contributed by atoms with van der Waals surface area (Å²) in [5.74, 6) is 1.22. The van der Waals surface area contributed by atoms with Crippen LogP contribution < -0.4 is 15.2 Å². The van der Waals surface area contributed by atoms with Gasteiger partial charge in [-0.2, -0.15) is 0 Å². The number of rotatable bonds is 5. The van der Waals surface area contributed by atoms with Crippen LogP contribution in [-0.4, -0.2) is 21.6 Å². The quantitative estimate of drug-likeness (QED) is 0.818. The molecule has 1 aliphatic rings. The highest BCUT2D eigenvalue weighted by Crippen LogP contribution is 2.35. The fourth-order valence-corrected chi connectivity index (χ4v) is 4.67. The second-order valence-corrected chi connectivity index (χ2v) is 7.43. The van der Waals surface area contributed by atoms with Crippen molar-refractivity contribution in [3.8, 4) is 5.75 Å². The summed E-state index contributed by atoms with van der Waals surface area (Å²) in [4.78, 5) is 0.145. The van der Waals surface area contributed by atoms with Crippen LogP contribution in [0.25, 0.3) is 0 Å². The third-order valence-electron chi connectivity index (χ3n) is 4.53. The van der Waals surface area contributed by atoms with Crippen LogP contribution in [0.1, 0.15) is 33.1 Å². The van der Waals surface area contributed by atoms with Crippen molar-refractivity contribution < 1.29 is 13.2 Å². The van der Waals surface area contributed by atoms with Gasteiger partial charge in [-0.1, -0.05) is 20.3 Å². The van der Waals surface area contributed by atoms with E-state index in [0.29, 0.717) is 17.5 Å². The molecule has 0 heterocycles. The molecule has 0 spiro atoms. The van der Waals surface area contributed by atoms with Crippen LogP contribution in [0, 0.1) is 11.8 Å². The molecule has 1 aliphatic carbocycles. The van der Waals surface area contributed by atoms with E-state index in [-0.39, 0.29) is 16.7 Å². The Morgan fingerprint density at radius 2 is 2.10 bits per heavy atom. The van der Waals surface area contributed by atoms with E-state index in [2.05, 4.69) is 18.6 Å². The minimum Gasteiger partial charge on any atom is -0.495 e. The van der Waals surface area contributed by atoms with Gasteiger partial charge in [0.15, 0.2) is 0 Å². The van der Waals surface area contributed by atoms with Gasteiger partial charge in [-0.25, -0.2) is 13.1 Å². The predicted molar refractivity (Wildman–Crippen MR) is 83.7 cm³/mol. The van der Waals surface area contributed by atoms with E-state index in [1.165, 1.54) is 19.2 Å². The first-order valence-electron chi connectivity index (χ1n) is 7.35. The Kier molecular flexibility index (Phi) is 4.78. The van der Waals surface area contributed by atoms with Gasteiger partial charge in [-0.3, -0.25) is 0 Å². The van der Waals surface area contributed by atoms with Crippen LogP contribution in [0.2, 0.25) is 0 Å². The summed E-state index contributed by atoms with van der Waals surface area (Å²) in [6, 6.07) is 4.58. The summed E-state index contributed by atoms with van der Waals surface area (Å²) in [6.45, 7) is 4.27. The van der Waals surface area contributed by atoms with Gasteiger partial charge in [0, 0.05) is 17.8 Å². The number of benzene rings is 1. The molecule has 3 N–H and O–H groups in total. The van der Waals surface area contributed by atoms with Crippen LogP contribution in [0.15, 0.2) is 23.1 Å². The van der Waals surface area contributed by atoms with Crippen LogP contribution in [0.4, 0.5) is 5.69 Å². The monoisotopic (exact) mass is 312 g/mol. The molecule has 1 aromatic rings. The zero-order valence-corrected chi connectivity index (χ0v) is 13.6. The van der Waals surface area contributed by atoms with Crippen molar-refractivity contribution >= 4 is 15.7 Å². The Balaban J connectivity index is 2.23. The van der Waals surface area contributed by atoms with Crippen LogP contribution in [0.3, 0.4) is 0 Å². The maximum absolute atomic E-state index is 12.6. The molecule has 2 rings (SSSR count). The van der Waals surface area contributed by atoms with E-state index >= 15 is 0 Å². The highest BCUT2D eigenvalue weighted by molar-refractivity contribution is 7.89. The SMILES string of the molecule is CCC1CCC(NS(=O)(=O)c2ccc(N)cc2OC)C1C. The average Bonchev–Trinajstić information content (AvgIpc) is 2.78. The van der Waals surface area contributed by atoms with Crippen molar-refractivity contribution in [3.63, 3.8) is 0 Å². The lowest BCUT2D eigenvalue weighted by Crippen LogP contribution is -2.37. The number of nitrogens with two attached hydrogens (primary N) is 1. The first-order valence-corrected chi connectivity index (χ1v) is 8.83. The van der Waals surface area contributed by atoms with E-state index in [1.807, 2.05) is 0 Å². The molecule has 1 fully saturated rings. The number of ether oxygens (including phenoxy) is 1. The van der Waals surface area contributed by atoms with Crippen molar-refractivity contribution in [3.05, 3.63) is 18.2 Å². The fraction of sp³-hybridized carbons (Fsp3) is 0.600. The summed E-state index contributed by atoms with van der Waals surface area (Å²) in [5.41, 5.74) is 6.15. The van der Waals surface area contributed by atoms with Crippen molar-refractivity contribution in [2.45, 2.75) is 44.0 Å². The molecule has 3 atom stereocenters. The van der Waals surface area contributed by atoms with Crippen molar-refractivity contribution in [2.75, 3.05) is 12.8 Å². The maximum Gasteiger partial charge on any atom is 0.244 e. The number of hydrogen-bond donors (Lipinski definition) is 2. The lowest BCUT2D eigenvalue weighted by molar-refractivity contribution is 0.367. The van der Waals surface area contributed by atoms with Crippen LogP contribution in [0.5, 0.6) is 5.75 Å². The number of hydrogen-bond acceptors (Lipinski definition) is 4. The third-order valence-corrected chi connectivity index (χ3v) is 6.06. The zero-order chi connectivity index (χ0) is 15.6. The lowest BCUT2D eigenvalue weighted by atomic mass is 9.94. The summed E-state index contributed by atoms with van der Waals surface area (Å²) in [5, 5.41) is 0. The Labute approximate surface area is 126 Å². The largest absolute Gasteiger partial charge is 0.495 e. The molecule has 1 saturated carbocycles. The van der Waals surface area contributed by atoms with Gasteiger partial charge in [0.05, 0.1) is 7.11 Å². The highest BCUT2D eigenvalue weighted by Gasteiger charge is 2.35. The van der Waals surface area contributed by atoms with Gasteiger partial charge in [-0.15, -0.1) is 0 Å². The highest BCUT2D eigenvalue weighted by atomic mass is 32.2. The molecular formula is C15H24N2O3S. The fourth-order valence-electron chi connectivity index (χ4n) is 3.16. The molecule has 0 aliphatic heterocycles. The van der Waals surface area contributed by atoms with Crippen LogP contribution in [-0.2, 0) is 10.0 Å². The standard InChI is InChI=1S/C15H24N2O3S/c1-4-11-5-7-13(10(11)2)17-21(18,19)15-8-6-12(16)9-14(15)20-3/h6,8-11,13,17H,4-5,7,16H2,1-3H3. The van der Waals surface area contributed by atoms with E-state index in [1.54, 1.807) is 6.07 Å². The third kappa shape index (κ3) is 3.32. The van der Waals surface area contributed by atoms with E-state index in [9.17, 15) is 8.42 Å². The molecular weight excluding hydrogens is 288 g/mol. The molecule has 0 saturated heterocycles. The lowest BCUT2D eigenvalue weighted by Gasteiger charge is -2.21. The van der Waals surface area contributed by atoms with Crippen LogP contribution >= 0.6 is 0 Å².